The summed E-state index contributed by atoms with van der Waals surface area (Å²) in [7, 11) is 0. The second kappa shape index (κ2) is 4.24. The van der Waals surface area contributed by atoms with E-state index in [-0.39, 0.29) is 6.15 Å². The lowest BCUT2D eigenvalue weighted by Gasteiger charge is -2.35. The summed E-state index contributed by atoms with van der Waals surface area (Å²) < 4.78 is 0. The van der Waals surface area contributed by atoms with E-state index in [9.17, 15) is 5.11 Å². The van der Waals surface area contributed by atoms with Gasteiger partial charge in [0.05, 0.1) is 0 Å². The summed E-state index contributed by atoms with van der Waals surface area (Å²) in [6, 6.07) is 9.50. The summed E-state index contributed by atoms with van der Waals surface area (Å²) in [6.45, 7) is 3.64. The Morgan fingerprint density at radius 1 is 1.25 bits per heavy atom. The van der Waals surface area contributed by atoms with E-state index in [0.29, 0.717) is 6.42 Å². The Morgan fingerprint density at radius 3 is 2.17 bits per heavy atom. The van der Waals surface area contributed by atoms with Crippen molar-refractivity contribution in [1.29, 1.82) is 0 Å². The molecule has 0 amide bonds. The van der Waals surface area contributed by atoms with Crippen LogP contribution in [-0.4, -0.2) is 0 Å². The van der Waals surface area contributed by atoms with Gasteiger partial charge in [0.2, 0.25) is 0 Å². The Labute approximate surface area is 73.8 Å². The quantitative estimate of drug-likeness (QED) is 0.720. The zero-order valence-electron chi connectivity index (χ0n) is 8.00. The molecule has 0 aromatic heterocycles. The van der Waals surface area contributed by atoms with Crippen molar-refractivity contribution in [3.63, 3.8) is 0 Å². The molecule has 0 aliphatic rings. The Morgan fingerprint density at radius 2 is 1.75 bits per heavy atom. The highest BCUT2D eigenvalue weighted by atomic mass is 16.3. The molecule has 0 bridgehead atoms. The van der Waals surface area contributed by atoms with Crippen LogP contribution < -0.4 is 11.3 Å². The zero-order valence-corrected chi connectivity index (χ0v) is 8.00. The third kappa shape index (κ3) is 2.32. The first-order valence-corrected chi connectivity index (χ1v) is 3.93. The van der Waals surface area contributed by atoms with E-state index in [2.05, 4.69) is 0 Å². The molecule has 0 saturated heterocycles. The van der Waals surface area contributed by atoms with Crippen LogP contribution in [0.2, 0.25) is 0 Å². The second-order valence-corrected chi connectivity index (χ2v) is 2.95. The molecular weight excluding hydrogens is 150 g/mol. The van der Waals surface area contributed by atoms with Crippen molar-refractivity contribution < 1.29 is 5.11 Å². The lowest BCUT2D eigenvalue weighted by Crippen LogP contribution is -2.36. The van der Waals surface area contributed by atoms with Crippen LogP contribution in [0, 0.1) is 0 Å². The fourth-order valence-electron chi connectivity index (χ4n) is 0.995. The summed E-state index contributed by atoms with van der Waals surface area (Å²) >= 11 is 0. The molecular formula is C10H17NO. The van der Waals surface area contributed by atoms with Crippen LogP contribution in [0.5, 0.6) is 0 Å². The smallest absolute Gasteiger partial charge is 0.0587 e. The predicted molar refractivity (Wildman–Crippen MR) is 50.1 cm³/mol. The van der Waals surface area contributed by atoms with Gasteiger partial charge in [-0.25, -0.2) is 0 Å². The third-order valence-electron chi connectivity index (χ3n) is 2.06. The molecule has 2 heteroatoms. The van der Waals surface area contributed by atoms with Crippen LogP contribution >= 0.6 is 0 Å². The van der Waals surface area contributed by atoms with Crippen LogP contribution in [0.15, 0.2) is 30.3 Å². The molecule has 1 atom stereocenters. The Balaban J connectivity index is 0.00000121. The largest absolute Gasteiger partial charge is 0.846 e. The normalized spacial score (nSPS) is 14.6. The fourth-order valence-corrected chi connectivity index (χ4v) is 0.995. The SMILES string of the molecule is CCC(C)([O-])c1ccccc1.[NH4+]. The van der Waals surface area contributed by atoms with Gasteiger partial charge in [-0.1, -0.05) is 61.8 Å². The molecule has 1 aromatic carbocycles. The minimum atomic E-state index is -0.915. The maximum Gasteiger partial charge on any atom is -0.0587 e. The van der Waals surface area contributed by atoms with Crippen LogP contribution in [0.25, 0.3) is 0 Å². The summed E-state index contributed by atoms with van der Waals surface area (Å²) in [4.78, 5) is 0. The first-order chi connectivity index (χ1) is 5.17. The van der Waals surface area contributed by atoms with Crippen molar-refractivity contribution in [3.05, 3.63) is 35.9 Å². The number of hydrogen-bond donors (Lipinski definition) is 1. The summed E-state index contributed by atoms with van der Waals surface area (Å²) in [5.41, 5.74) is -0.0381. The van der Waals surface area contributed by atoms with Gasteiger partial charge in [0.1, 0.15) is 0 Å². The van der Waals surface area contributed by atoms with E-state index >= 15 is 0 Å². The Bertz CT molecular complexity index is 219. The maximum atomic E-state index is 11.7. The highest BCUT2D eigenvalue weighted by Crippen LogP contribution is 2.19. The molecule has 68 valence electrons. The maximum absolute atomic E-state index is 11.7. The minimum absolute atomic E-state index is 0. The average Bonchev–Trinajstić information content (AvgIpc) is 2.06. The number of rotatable bonds is 2. The zero-order chi connectivity index (χ0) is 8.32. The van der Waals surface area contributed by atoms with Gasteiger partial charge in [-0.2, -0.15) is 0 Å². The monoisotopic (exact) mass is 167 g/mol. The van der Waals surface area contributed by atoms with Crippen LogP contribution in [0.1, 0.15) is 25.8 Å². The first-order valence-electron chi connectivity index (χ1n) is 3.93. The van der Waals surface area contributed by atoms with Crippen molar-refractivity contribution in [2.45, 2.75) is 25.9 Å². The van der Waals surface area contributed by atoms with Gasteiger partial charge in [0.15, 0.2) is 0 Å². The van der Waals surface area contributed by atoms with E-state index in [0.717, 1.165) is 5.56 Å². The van der Waals surface area contributed by atoms with Gasteiger partial charge >= 0.3 is 0 Å². The molecule has 0 heterocycles. The topological polar surface area (TPSA) is 59.6 Å². The van der Waals surface area contributed by atoms with Crippen molar-refractivity contribution in [2.75, 3.05) is 0 Å². The average molecular weight is 167 g/mol. The van der Waals surface area contributed by atoms with Gasteiger partial charge in [0.25, 0.3) is 0 Å². The van der Waals surface area contributed by atoms with Crippen molar-refractivity contribution in [2.24, 2.45) is 0 Å². The highest BCUT2D eigenvalue weighted by molar-refractivity contribution is 5.20. The summed E-state index contributed by atoms with van der Waals surface area (Å²) in [5.74, 6) is 0. The summed E-state index contributed by atoms with van der Waals surface area (Å²) in [5, 5.41) is 11.7. The van der Waals surface area contributed by atoms with Crippen LogP contribution in [0.4, 0.5) is 0 Å². The van der Waals surface area contributed by atoms with Crippen molar-refractivity contribution in [3.8, 4) is 0 Å². The Hall–Kier alpha value is -0.860. The molecule has 0 radical (unpaired) electrons. The van der Waals surface area contributed by atoms with E-state index in [1.54, 1.807) is 6.92 Å². The predicted octanol–water partition coefficient (Wildman–Crippen LogP) is 2.05. The van der Waals surface area contributed by atoms with Crippen molar-refractivity contribution >= 4 is 0 Å². The third-order valence-corrected chi connectivity index (χ3v) is 2.06. The fraction of sp³-hybridized carbons (Fsp3) is 0.400. The van der Waals surface area contributed by atoms with E-state index in [4.69, 9.17) is 0 Å². The molecule has 12 heavy (non-hydrogen) atoms. The van der Waals surface area contributed by atoms with Gasteiger partial charge in [-0.3, -0.25) is 0 Å². The van der Waals surface area contributed by atoms with E-state index in [1.165, 1.54) is 0 Å². The van der Waals surface area contributed by atoms with Gasteiger partial charge in [0, 0.05) is 0 Å². The molecule has 1 rings (SSSR count). The first kappa shape index (κ1) is 11.1. The van der Waals surface area contributed by atoms with E-state index in [1.807, 2.05) is 37.3 Å². The Kier molecular flexibility index (Phi) is 3.93. The van der Waals surface area contributed by atoms with Crippen LogP contribution in [-0.2, 0) is 5.60 Å². The number of benzene rings is 1. The molecule has 1 unspecified atom stereocenters. The molecule has 1 aromatic rings. The van der Waals surface area contributed by atoms with Gasteiger partial charge in [-0.15, -0.1) is 0 Å². The van der Waals surface area contributed by atoms with E-state index < -0.39 is 5.60 Å². The second-order valence-electron chi connectivity index (χ2n) is 2.95. The van der Waals surface area contributed by atoms with Crippen LogP contribution in [0.3, 0.4) is 0 Å². The molecule has 0 aliphatic heterocycles. The van der Waals surface area contributed by atoms with Crippen molar-refractivity contribution in [1.82, 2.24) is 6.15 Å². The molecule has 4 N–H and O–H groups in total. The molecule has 0 spiro atoms. The van der Waals surface area contributed by atoms with Gasteiger partial charge in [-0.05, 0) is 0 Å². The lowest BCUT2D eigenvalue weighted by molar-refractivity contribution is -0.482. The minimum Gasteiger partial charge on any atom is -0.846 e. The van der Waals surface area contributed by atoms with Gasteiger partial charge < -0.3 is 11.3 Å². The number of quaternary nitrogens is 1. The highest BCUT2D eigenvalue weighted by Gasteiger charge is 2.07. The molecule has 0 saturated carbocycles. The lowest BCUT2D eigenvalue weighted by atomic mass is 9.94. The standard InChI is InChI=1S/C10H13O.H3N/c1-3-10(2,11)9-7-5-4-6-8-9;/h4-8H,3H2,1-2H3;1H3/q-1;/p+1. The number of hydrogen-bond acceptors (Lipinski definition) is 1. The molecule has 0 fully saturated rings. The summed E-state index contributed by atoms with van der Waals surface area (Å²) in [6.07, 6.45) is 0.636. The molecule has 0 aliphatic carbocycles. The molecule has 2 nitrogen and oxygen atoms in total.